The van der Waals surface area contributed by atoms with Crippen molar-refractivity contribution in [3.05, 3.63) is 57.6 Å². The van der Waals surface area contributed by atoms with Crippen molar-refractivity contribution in [2.75, 3.05) is 6.61 Å². The van der Waals surface area contributed by atoms with Crippen molar-refractivity contribution in [3.8, 4) is 0 Å². The first-order valence-electron chi connectivity index (χ1n) is 7.51. The van der Waals surface area contributed by atoms with Crippen LogP contribution in [-0.4, -0.2) is 16.7 Å². The monoisotopic (exact) mass is 299 g/mol. The first-order valence-corrected chi connectivity index (χ1v) is 8.33. The first-order chi connectivity index (χ1) is 10.2. The van der Waals surface area contributed by atoms with Gasteiger partial charge in [0.15, 0.2) is 0 Å². The summed E-state index contributed by atoms with van der Waals surface area (Å²) >= 11 is 1.77. The molecule has 3 heteroatoms. The van der Waals surface area contributed by atoms with Gasteiger partial charge in [0.05, 0.1) is 10.7 Å². The molecule has 1 aromatic carbocycles. The van der Waals surface area contributed by atoms with E-state index in [-0.39, 0.29) is 12.0 Å². The quantitative estimate of drug-likeness (QED) is 0.906. The van der Waals surface area contributed by atoms with E-state index in [1.165, 1.54) is 15.4 Å². The number of rotatable bonds is 5. The van der Waals surface area contributed by atoms with Crippen molar-refractivity contribution >= 4 is 17.4 Å². The summed E-state index contributed by atoms with van der Waals surface area (Å²) in [4.78, 5) is 5.82. The Morgan fingerprint density at radius 1 is 1.38 bits per heavy atom. The van der Waals surface area contributed by atoms with Crippen LogP contribution in [0.2, 0.25) is 0 Å². The van der Waals surface area contributed by atoms with Crippen molar-refractivity contribution in [1.82, 2.24) is 4.98 Å². The third kappa shape index (κ3) is 2.68. The third-order valence-electron chi connectivity index (χ3n) is 4.40. The van der Waals surface area contributed by atoms with Gasteiger partial charge in [-0.25, -0.2) is 4.98 Å². The van der Waals surface area contributed by atoms with E-state index in [2.05, 4.69) is 55.2 Å². The molecule has 110 valence electrons. The number of aliphatic hydroxyl groups excluding tert-OH is 1. The van der Waals surface area contributed by atoms with Crippen LogP contribution in [0.25, 0.3) is 6.08 Å². The molecule has 2 nitrogen and oxygen atoms in total. The maximum Gasteiger partial charge on any atom is 0.0931 e. The number of aliphatic hydroxyl groups is 1. The third-order valence-corrected chi connectivity index (χ3v) is 5.66. The van der Waals surface area contributed by atoms with Crippen molar-refractivity contribution in [2.45, 2.75) is 32.1 Å². The zero-order valence-corrected chi connectivity index (χ0v) is 13.4. The van der Waals surface area contributed by atoms with Crippen molar-refractivity contribution in [1.29, 1.82) is 0 Å². The second kappa shape index (κ2) is 5.74. The fourth-order valence-corrected chi connectivity index (χ4v) is 3.88. The molecule has 0 spiro atoms. The topological polar surface area (TPSA) is 33.1 Å². The summed E-state index contributed by atoms with van der Waals surface area (Å²) in [6.07, 6.45) is 6.50. The van der Waals surface area contributed by atoms with E-state index in [0.717, 1.165) is 18.5 Å². The van der Waals surface area contributed by atoms with Crippen LogP contribution in [0, 0.1) is 12.8 Å². The molecular formula is C18H21NOS. The number of hydrogen-bond donors (Lipinski definition) is 1. The second-order valence-electron chi connectivity index (χ2n) is 5.73. The highest BCUT2D eigenvalue weighted by molar-refractivity contribution is 7.12. The van der Waals surface area contributed by atoms with Crippen LogP contribution < -0.4 is 0 Å². The maximum absolute atomic E-state index is 9.55. The summed E-state index contributed by atoms with van der Waals surface area (Å²) in [5.74, 6) is 0.343. The van der Waals surface area contributed by atoms with E-state index >= 15 is 0 Å². The Balaban J connectivity index is 1.90. The molecule has 0 amide bonds. The molecule has 1 aliphatic rings. The lowest BCUT2D eigenvalue weighted by Crippen LogP contribution is -2.08. The molecule has 1 N–H and O–H groups in total. The van der Waals surface area contributed by atoms with Gasteiger partial charge in [0.2, 0.25) is 0 Å². The molecule has 0 bridgehead atoms. The predicted octanol–water partition coefficient (Wildman–Crippen LogP) is 3.98. The van der Waals surface area contributed by atoms with Crippen LogP contribution in [0.15, 0.2) is 36.4 Å². The number of hydrogen-bond acceptors (Lipinski definition) is 3. The number of aryl methyl sites for hydroxylation is 2. The van der Waals surface area contributed by atoms with Gasteiger partial charge in [-0.2, -0.15) is 0 Å². The molecule has 3 rings (SSSR count). The first kappa shape index (κ1) is 14.5. The van der Waals surface area contributed by atoms with Crippen LogP contribution in [-0.2, 0) is 11.8 Å². The van der Waals surface area contributed by atoms with Crippen LogP contribution in [0.1, 0.15) is 34.5 Å². The van der Waals surface area contributed by atoms with Crippen molar-refractivity contribution < 1.29 is 5.11 Å². The highest BCUT2D eigenvalue weighted by Crippen LogP contribution is 2.55. The summed E-state index contributed by atoms with van der Waals surface area (Å²) in [5, 5.41) is 10.7. The number of aromatic nitrogens is 1. The number of thiazole rings is 1. The highest BCUT2D eigenvalue weighted by Gasteiger charge is 2.52. The zero-order chi connectivity index (χ0) is 14.9. The Hall–Kier alpha value is -1.45. The Labute approximate surface area is 130 Å². The Morgan fingerprint density at radius 2 is 2.14 bits per heavy atom. The highest BCUT2D eigenvalue weighted by atomic mass is 32.1. The lowest BCUT2D eigenvalue weighted by atomic mass is 9.92. The minimum absolute atomic E-state index is 0.0127. The van der Waals surface area contributed by atoms with Crippen LogP contribution in [0.3, 0.4) is 0 Å². The maximum atomic E-state index is 9.55. The summed E-state index contributed by atoms with van der Waals surface area (Å²) < 4.78 is 0. The average Bonchev–Trinajstić information content (AvgIpc) is 3.14. The molecule has 1 heterocycles. The standard InChI is InChI=1S/C18H21NOS/c1-3-17-19-13(2)16(21-17)9-10-18(11-15(18)12-20)14-7-5-4-6-8-14/h4-10,15,20H,3,11-12H2,1-2H3. The molecular weight excluding hydrogens is 278 g/mol. The molecule has 0 saturated heterocycles. The molecule has 1 aromatic heterocycles. The fraction of sp³-hybridized carbons (Fsp3) is 0.389. The van der Waals surface area contributed by atoms with Crippen LogP contribution in [0.4, 0.5) is 0 Å². The van der Waals surface area contributed by atoms with E-state index in [9.17, 15) is 5.11 Å². The van der Waals surface area contributed by atoms with Gasteiger partial charge < -0.3 is 5.11 Å². The summed E-state index contributed by atoms with van der Waals surface area (Å²) in [5.41, 5.74) is 2.43. The lowest BCUT2D eigenvalue weighted by Gasteiger charge is -2.12. The van der Waals surface area contributed by atoms with Gasteiger partial charge in [-0.3, -0.25) is 0 Å². The lowest BCUT2D eigenvalue weighted by molar-refractivity contribution is 0.268. The number of allylic oxidation sites excluding steroid dienone is 1. The minimum Gasteiger partial charge on any atom is -0.396 e. The predicted molar refractivity (Wildman–Crippen MR) is 88.6 cm³/mol. The molecule has 2 unspecified atom stereocenters. The van der Waals surface area contributed by atoms with E-state index < -0.39 is 0 Å². The summed E-state index contributed by atoms with van der Waals surface area (Å²) in [6.45, 7) is 4.46. The molecule has 2 atom stereocenters. The summed E-state index contributed by atoms with van der Waals surface area (Å²) in [7, 11) is 0. The van der Waals surface area contributed by atoms with Crippen molar-refractivity contribution in [2.24, 2.45) is 5.92 Å². The average molecular weight is 299 g/mol. The molecule has 2 aromatic rings. The van der Waals surface area contributed by atoms with Gasteiger partial charge in [-0.05, 0) is 37.3 Å². The van der Waals surface area contributed by atoms with Gasteiger partial charge in [0.1, 0.15) is 0 Å². The van der Waals surface area contributed by atoms with Crippen LogP contribution >= 0.6 is 11.3 Å². The Bertz CT molecular complexity index is 646. The largest absolute Gasteiger partial charge is 0.396 e. The van der Waals surface area contributed by atoms with Crippen molar-refractivity contribution in [3.63, 3.8) is 0 Å². The van der Waals surface area contributed by atoms with Gasteiger partial charge in [0, 0.05) is 16.9 Å². The molecule has 1 fully saturated rings. The normalized spacial score (nSPS) is 24.6. The van der Waals surface area contributed by atoms with Gasteiger partial charge >= 0.3 is 0 Å². The SMILES string of the molecule is CCc1nc(C)c(C=CC2(c3ccccc3)CC2CO)s1. The van der Waals surface area contributed by atoms with E-state index in [1.807, 2.05) is 6.07 Å². The molecule has 0 radical (unpaired) electrons. The van der Waals surface area contributed by atoms with E-state index in [4.69, 9.17) is 0 Å². The summed E-state index contributed by atoms with van der Waals surface area (Å²) in [6, 6.07) is 10.5. The van der Waals surface area contributed by atoms with E-state index in [1.54, 1.807) is 11.3 Å². The van der Waals surface area contributed by atoms with Gasteiger partial charge in [-0.1, -0.05) is 43.3 Å². The molecule has 1 saturated carbocycles. The Morgan fingerprint density at radius 3 is 2.71 bits per heavy atom. The van der Waals surface area contributed by atoms with Gasteiger partial charge in [-0.15, -0.1) is 11.3 Å². The Kier molecular flexibility index (Phi) is 3.96. The number of nitrogens with zero attached hydrogens (tertiary/aromatic N) is 1. The fourth-order valence-electron chi connectivity index (χ4n) is 2.97. The minimum atomic E-state index is 0.0127. The second-order valence-corrected chi connectivity index (χ2v) is 6.85. The van der Waals surface area contributed by atoms with E-state index in [0.29, 0.717) is 5.92 Å². The van der Waals surface area contributed by atoms with Crippen LogP contribution in [0.5, 0.6) is 0 Å². The van der Waals surface area contributed by atoms with Gasteiger partial charge in [0.25, 0.3) is 0 Å². The molecule has 1 aliphatic carbocycles. The zero-order valence-electron chi connectivity index (χ0n) is 12.5. The molecule has 21 heavy (non-hydrogen) atoms. The molecule has 0 aliphatic heterocycles. The number of benzene rings is 1. The smallest absolute Gasteiger partial charge is 0.0931 e.